The quantitative estimate of drug-likeness (QED) is 0.911. The fourth-order valence-corrected chi connectivity index (χ4v) is 2.78. The Morgan fingerprint density at radius 3 is 2.86 bits per heavy atom. The Morgan fingerprint density at radius 2 is 2.09 bits per heavy atom. The van der Waals surface area contributed by atoms with Gasteiger partial charge in [-0.25, -0.2) is 4.39 Å². The highest BCUT2D eigenvalue weighted by molar-refractivity contribution is 5.77. The van der Waals surface area contributed by atoms with Gasteiger partial charge in [-0.15, -0.1) is 0 Å². The number of carbonyl (C=O) groups excluding carboxylic acids is 1. The van der Waals surface area contributed by atoms with Crippen LogP contribution in [0.2, 0.25) is 0 Å². The van der Waals surface area contributed by atoms with Crippen molar-refractivity contribution < 1.29 is 9.18 Å². The molecule has 0 unspecified atom stereocenters. The van der Waals surface area contributed by atoms with Crippen molar-refractivity contribution in [2.75, 3.05) is 0 Å². The lowest BCUT2D eigenvalue weighted by atomic mass is 9.91. The minimum absolute atomic E-state index is 0.0104. The van der Waals surface area contributed by atoms with E-state index in [1.54, 1.807) is 18.5 Å². The normalized spacial score (nSPS) is 21.4. The lowest BCUT2D eigenvalue weighted by molar-refractivity contribution is -0.123. The Hall–Kier alpha value is -2.27. The molecule has 0 radical (unpaired) electrons. The first-order valence-electron chi connectivity index (χ1n) is 7.39. The molecular formula is C17H18FN3O. The Labute approximate surface area is 128 Å². The first-order valence-corrected chi connectivity index (χ1v) is 7.39. The molecule has 0 spiro atoms. The van der Waals surface area contributed by atoms with Crippen molar-refractivity contribution in [2.45, 2.75) is 31.5 Å². The van der Waals surface area contributed by atoms with Crippen LogP contribution in [0.4, 0.5) is 4.39 Å². The van der Waals surface area contributed by atoms with Gasteiger partial charge in [0.05, 0.1) is 6.04 Å². The van der Waals surface area contributed by atoms with Gasteiger partial charge in [0.1, 0.15) is 5.82 Å². The second-order valence-corrected chi connectivity index (χ2v) is 5.48. The third-order valence-electron chi connectivity index (χ3n) is 3.93. The van der Waals surface area contributed by atoms with Gasteiger partial charge in [0.25, 0.3) is 0 Å². The molecule has 2 atom stereocenters. The van der Waals surface area contributed by atoms with Crippen molar-refractivity contribution in [1.82, 2.24) is 15.6 Å². The maximum Gasteiger partial charge on any atom is 0.220 e. The number of halogens is 1. The summed E-state index contributed by atoms with van der Waals surface area (Å²) < 4.78 is 13.5. The lowest BCUT2D eigenvalue weighted by Gasteiger charge is -2.33. The van der Waals surface area contributed by atoms with Crippen LogP contribution in [0.5, 0.6) is 0 Å². The number of piperidine rings is 1. The Morgan fingerprint density at radius 1 is 1.27 bits per heavy atom. The second-order valence-electron chi connectivity index (χ2n) is 5.48. The molecule has 1 amide bonds. The second kappa shape index (κ2) is 6.66. The van der Waals surface area contributed by atoms with Gasteiger partial charge in [-0.05, 0) is 41.8 Å². The smallest absolute Gasteiger partial charge is 0.220 e. The van der Waals surface area contributed by atoms with E-state index in [9.17, 15) is 9.18 Å². The molecule has 0 saturated carbocycles. The van der Waals surface area contributed by atoms with E-state index in [0.29, 0.717) is 13.0 Å². The Balaban J connectivity index is 1.74. The van der Waals surface area contributed by atoms with Gasteiger partial charge in [0.15, 0.2) is 0 Å². The number of rotatable bonds is 4. The molecule has 5 heteroatoms. The van der Waals surface area contributed by atoms with E-state index in [-0.39, 0.29) is 23.8 Å². The average Bonchev–Trinajstić information content (AvgIpc) is 2.54. The van der Waals surface area contributed by atoms with Crippen LogP contribution >= 0.6 is 0 Å². The highest BCUT2D eigenvalue weighted by Gasteiger charge is 2.29. The van der Waals surface area contributed by atoms with E-state index in [1.165, 1.54) is 12.1 Å². The zero-order chi connectivity index (χ0) is 15.4. The summed E-state index contributed by atoms with van der Waals surface area (Å²) >= 11 is 0. The van der Waals surface area contributed by atoms with E-state index in [0.717, 1.165) is 17.5 Å². The Bertz CT molecular complexity index is 647. The van der Waals surface area contributed by atoms with Crippen LogP contribution in [0.25, 0.3) is 0 Å². The number of aromatic nitrogens is 1. The van der Waals surface area contributed by atoms with Crippen molar-refractivity contribution in [3.63, 3.8) is 0 Å². The predicted octanol–water partition coefficient (Wildman–Crippen LogP) is 2.33. The van der Waals surface area contributed by atoms with Crippen LogP contribution in [0.15, 0.2) is 48.8 Å². The summed E-state index contributed by atoms with van der Waals surface area (Å²) in [6, 6.07) is 10.2. The highest BCUT2D eigenvalue weighted by Crippen LogP contribution is 2.25. The van der Waals surface area contributed by atoms with Crippen LogP contribution in [0.1, 0.15) is 30.0 Å². The monoisotopic (exact) mass is 299 g/mol. The van der Waals surface area contributed by atoms with Crippen LogP contribution in [-0.2, 0) is 11.3 Å². The number of benzene rings is 1. The summed E-state index contributed by atoms with van der Waals surface area (Å²) in [5.74, 6) is -0.276. The van der Waals surface area contributed by atoms with Gasteiger partial charge in [-0.2, -0.15) is 0 Å². The van der Waals surface area contributed by atoms with Gasteiger partial charge in [-0.3, -0.25) is 9.78 Å². The molecule has 1 aromatic heterocycles. The molecule has 2 N–H and O–H groups in total. The minimum Gasteiger partial charge on any atom is -0.348 e. The van der Waals surface area contributed by atoms with Gasteiger partial charge in [-0.1, -0.05) is 12.1 Å². The predicted molar refractivity (Wildman–Crippen MR) is 81.4 cm³/mol. The number of carbonyl (C=O) groups is 1. The minimum atomic E-state index is -0.287. The molecule has 22 heavy (non-hydrogen) atoms. The number of pyridine rings is 1. The van der Waals surface area contributed by atoms with E-state index in [4.69, 9.17) is 0 Å². The number of nitrogens with one attached hydrogen (secondary N) is 2. The van der Waals surface area contributed by atoms with E-state index < -0.39 is 0 Å². The van der Waals surface area contributed by atoms with Crippen molar-refractivity contribution in [2.24, 2.45) is 0 Å². The van der Waals surface area contributed by atoms with Crippen molar-refractivity contribution in [1.29, 1.82) is 0 Å². The van der Waals surface area contributed by atoms with E-state index in [2.05, 4.69) is 15.6 Å². The molecule has 2 heterocycles. The van der Waals surface area contributed by atoms with Gasteiger partial charge in [0.2, 0.25) is 5.91 Å². The third kappa shape index (κ3) is 3.49. The SMILES string of the molecule is O=C1CC[C@@H](NCc2ccncc2)[C@H](c2cccc(F)c2)N1. The number of hydrogen-bond donors (Lipinski definition) is 2. The first kappa shape index (κ1) is 14.7. The van der Waals surface area contributed by atoms with Crippen LogP contribution in [0, 0.1) is 5.82 Å². The van der Waals surface area contributed by atoms with E-state index >= 15 is 0 Å². The van der Waals surface area contributed by atoms with Gasteiger partial charge < -0.3 is 10.6 Å². The number of amides is 1. The highest BCUT2D eigenvalue weighted by atomic mass is 19.1. The summed E-state index contributed by atoms with van der Waals surface area (Å²) in [6.07, 6.45) is 4.73. The maximum absolute atomic E-state index is 13.5. The van der Waals surface area contributed by atoms with Crippen LogP contribution < -0.4 is 10.6 Å². The first-order chi connectivity index (χ1) is 10.7. The number of hydrogen-bond acceptors (Lipinski definition) is 3. The van der Waals surface area contributed by atoms with Gasteiger partial charge >= 0.3 is 0 Å². The molecule has 3 rings (SSSR count). The maximum atomic E-state index is 13.5. The molecule has 1 saturated heterocycles. The summed E-state index contributed by atoms with van der Waals surface area (Å²) in [7, 11) is 0. The summed E-state index contributed by atoms with van der Waals surface area (Å²) in [5.41, 5.74) is 1.92. The van der Waals surface area contributed by atoms with Crippen molar-refractivity contribution in [3.8, 4) is 0 Å². The zero-order valence-electron chi connectivity index (χ0n) is 12.1. The van der Waals surface area contributed by atoms with Gasteiger partial charge in [0, 0.05) is 31.4 Å². The van der Waals surface area contributed by atoms with E-state index in [1.807, 2.05) is 18.2 Å². The molecular weight excluding hydrogens is 281 g/mol. The molecule has 114 valence electrons. The molecule has 1 aliphatic heterocycles. The van der Waals surface area contributed by atoms with Crippen molar-refractivity contribution in [3.05, 3.63) is 65.7 Å². The molecule has 1 aromatic carbocycles. The largest absolute Gasteiger partial charge is 0.348 e. The topological polar surface area (TPSA) is 54.0 Å². The standard InChI is InChI=1S/C17H18FN3O/c18-14-3-1-2-13(10-14)17-15(4-5-16(22)21-17)20-11-12-6-8-19-9-7-12/h1-3,6-10,15,17,20H,4-5,11H2,(H,21,22)/t15-,17+/m1/s1. The molecule has 4 nitrogen and oxygen atoms in total. The van der Waals surface area contributed by atoms with Crippen molar-refractivity contribution >= 4 is 5.91 Å². The molecule has 1 fully saturated rings. The zero-order valence-corrected chi connectivity index (χ0v) is 12.1. The fraction of sp³-hybridized carbons (Fsp3) is 0.294. The molecule has 0 bridgehead atoms. The molecule has 2 aromatic rings. The average molecular weight is 299 g/mol. The van der Waals surface area contributed by atoms with Crippen LogP contribution in [-0.4, -0.2) is 16.9 Å². The fourth-order valence-electron chi connectivity index (χ4n) is 2.78. The van der Waals surface area contributed by atoms with Crippen LogP contribution in [0.3, 0.4) is 0 Å². The summed E-state index contributed by atoms with van der Waals surface area (Å²) in [6.45, 7) is 0.689. The molecule has 1 aliphatic rings. The number of nitrogens with zero attached hydrogens (tertiary/aromatic N) is 1. The Kier molecular flexibility index (Phi) is 4.44. The summed E-state index contributed by atoms with van der Waals surface area (Å²) in [5, 5.41) is 6.43. The third-order valence-corrected chi connectivity index (χ3v) is 3.93. The lowest BCUT2D eigenvalue weighted by Crippen LogP contribution is -2.48. The summed E-state index contributed by atoms with van der Waals surface area (Å²) in [4.78, 5) is 15.7. The molecule has 0 aliphatic carbocycles.